The van der Waals surface area contributed by atoms with Gasteiger partial charge in [0, 0.05) is 20.1 Å². The maximum Gasteiger partial charge on any atom is 0.208 e. The fraction of sp³-hybridized carbons (Fsp3) is 0.917. The molecule has 4 heteroatoms. The highest BCUT2D eigenvalue weighted by Gasteiger charge is 2.10. The van der Waals surface area contributed by atoms with Crippen LogP contribution in [-0.4, -0.2) is 31.0 Å². The molecule has 4 nitrogen and oxygen atoms in total. The van der Waals surface area contributed by atoms with E-state index in [2.05, 4.69) is 43.0 Å². The van der Waals surface area contributed by atoms with Crippen molar-refractivity contribution >= 4 is 5.96 Å². The summed E-state index contributed by atoms with van der Waals surface area (Å²) in [4.78, 5) is 6.41. The normalized spacial score (nSPS) is 12.4. The van der Waals surface area contributed by atoms with E-state index in [4.69, 9.17) is 5.84 Å². The summed E-state index contributed by atoms with van der Waals surface area (Å²) in [5.41, 5.74) is 2.68. The summed E-state index contributed by atoms with van der Waals surface area (Å²) in [6, 6.07) is 0. The number of nitrogens with one attached hydrogen (secondary N) is 1. The number of hydrazine groups is 1. The molecule has 0 bridgehead atoms. The van der Waals surface area contributed by atoms with E-state index in [0.29, 0.717) is 11.8 Å². The Hall–Kier alpha value is -0.770. The number of nitrogens with zero attached hydrogens (tertiary/aromatic N) is 2. The average Bonchev–Trinajstić information content (AvgIpc) is 2.22. The molecule has 96 valence electrons. The van der Waals surface area contributed by atoms with Crippen LogP contribution in [0.15, 0.2) is 4.99 Å². The van der Waals surface area contributed by atoms with Gasteiger partial charge < -0.3 is 4.90 Å². The molecular weight excluding hydrogens is 200 g/mol. The van der Waals surface area contributed by atoms with Crippen LogP contribution in [0.25, 0.3) is 0 Å². The SMILES string of the molecule is CN=C(NN)N(CCC(C)C)CCC(C)C. The van der Waals surface area contributed by atoms with E-state index in [1.807, 2.05) is 0 Å². The van der Waals surface area contributed by atoms with Gasteiger partial charge in [-0.15, -0.1) is 0 Å². The predicted octanol–water partition coefficient (Wildman–Crippen LogP) is 1.83. The number of hydrogen-bond donors (Lipinski definition) is 2. The molecular formula is C12H28N4. The Morgan fingerprint density at radius 3 is 1.81 bits per heavy atom. The van der Waals surface area contributed by atoms with E-state index in [1.54, 1.807) is 7.05 Å². The Labute approximate surface area is 100 Å². The van der Waals surface area contributed by atoms with Gasteiger partial charge in [-0.3, -0.25) is 10.4 Å². The summed E-state index contributed by atoms with van der Waals surface area (Å²) < 4.78 is 0. The lowest BCUT2D eigenvalue weighted by Gasteiger charge is -2.26. The molecule has 0 atom stereocenters. The second-order valence-corrected chi connectivity index (χ2v) is 5.04. The monoisotopic (exact) mass is 228 g/mol. The van der Waals surface area contributed by atoms with E-state index < -0.39 is 0 Å². The molecule has 0 heterocycles. The summed E-state index contributed by atoms with van der Waals surface area (Å²) in [5, 5.41) is 0. The van der Waals surface area contributed by atoms with Crippen molar-refractivity contribution < 1.29 is 0 Å². The second-order valence-electron chi connectivity index (χ2n) is 5.04. The number of aliphatic imine (C=N–C) groups is 1. The van der Waals surface area contributed by atoms with Crippen LogP contribution in [0.1, 0.15) is 40.5 Å². The molecule has 0 aromatic carbocycles. The first-order valence-corrected chi connectivity index (χ1v) is 6.19. The first kappa shape index (κ1) is 15.2. The molecule has 16 heavy (non-hydrogen) atoms. The molecule has 3 N–H and O–H groups in total. The lowest BCUT2D eigenvalue weighted by molar-refractivity contribution is 0.344. The molecule has 0 aliphatic heterocycles. The van der Waals surface area contributed by atoms with Crippen molar-refractivity contribution in [2.24, 2.45) is 22.7 Å². The second kappa shape index (κ2) is 8.39. The molecule has 0 aromatic heterocycles. The van der Waals surface area contributed by atoms with Gasteiger partial charge in [-0.05, 0) is 24.7 Å². The summed E-state index contributed by atoms with van der Waals surface area (Å²) in [6.45, 7) is 11.0. The van der Waals surface area contributed by atoms with Crippen molar-refractivity contribution in [3.8, 4) is 0 Å². The fourth-order valence-corrected chi connectivity index (χ4v) is 1.45. The summed E-state index contributed by atoms with van der Waals surface area (Å²) in [7, 11) is 1.77. The summed E-state index contributed by atoms with van der Waals surface area (Å²) in [5.74, 6) is 7.68. The minimum Gasteiger partial charge on any atom is -0.342 e. The number of rotatable bonds is 6. The largest absolute Gasteiger partial charge is 0.342 e. The van der Waals surface area contributed by atoms with E-state index in [9.17, 15) is 0 Å². The highest BCUT2D eigenvalue weighted by molar-refractivity contribution is 5.79. The first-order valence-electron chi connectivity index (χ1n) is 6.19. The van der Waals surface area contributed by atoms with E-state index in [-0.39, 0.29) is 0 Å². The maximum absolute atomic E-state index is 5.47. The molecule has 0 amide bonds. The number of nitrogens with two attached hydrogens (primary N) is 1. The molecule has 0 saturated carbocycles. The first-order chi connectivity index (χ1) is 7.51. The maximum atomic E-state index is 5.47. The van der Waals surface area contributed by atoms with Crippen LogP contribution in [0, 0.1) is 11.8 Å². The highest BCUT2D eigenvalue weighted by atomic mass is 15.4. The van der Waals surface area contributed by atoms with Gasteiger partial charge in [0.1, 0.15) is 0 Å². The molecule has 0 radical (unpaired) electrons. The zero-order valence-corrected chi connectivity index (χ0v) is 11.5. The van der Waals surface area contributed by atoms with Crippen LogP contribution >= 0.6 is 0 Å². The van der Waals surface area contributed by atoms with Gasteiger partial charge in [-0.2, -0.15) is 0 Å². The van der Waals surface area contributed by atoms with Crippen LogP contribution < -0.4 is 11.3 Å². The Bertz CT molecular complexity index is 187. The molecule has 0 spiro atoms. The smallest absolute Gasteiger partial charge is 0.208 e. The van der Waals surface area contributed by atoms with Crippen molar-refractivity contribution in [2.45, 2.75) is 40.5 Å². The molecule has 0 rings (SSSR count). The van der Waals surface area contributed by atoms with E-state index >= 15 is 0 Å². The lowest BCUT2D eigenvalue weighted by atomic mass is 10.1. The van der Waals surface area contributed by atoms with Crippen LogP contribution in [0.2, 0.25) is 0 Å². The van der Waals surface area contributed by atoms with Gasteiger partial charge in [0.05, 0.1) is 0 Å². The summed E-state index contributed by atoms with van der Waals surface area (Å²) >= 11 is 0. The van der Waals surface area contributed by atoms with Crippen molar-refractivity contribution in [3.05, 3.63) is 0 Å². The number of guanidine groups is 1. The molecule has 0 fully saturated rings. The summed E-state index contributed by atoms with van der Waals surface area (Å²) in [6.07, 6.45) is 2.33. The lowest BCUT2D eigenvalue weighted by Crippen LogP contribution is -2.46. The average molecular weight is 228 g/mol. The van der Waals surface area contributed by atoms with Gasteiger partial charge in [-0.25, -0.2) is 5.84 Å². The molecule has 0 saturated heterocycles. The van der Waals surface area contributed by atoms with Crippen molar-refractivity contribution in [2.75, 3.05) is 20.1 Å². The van der Waals surface area contributed by atoms with Gasteiger partial charge in [0.2, 0.25) is 5.96 Å². The van der Waals surface area contributed by atoms with Gasteiger partial charge >= 0.3 is 0 Å². The third-order valence-corrected chi connectivity index (χ3v) is 2.59. The standard InChI is InChI=1S/C12H28N4/c1-10(2)6-8-16(9-7-11(3)4)12(14-5)15-13/h10-11H,6-9,13H2,1-5H3,(H,14,15). The zero-order chi connectivity index (χ0) is 12.6. The van der Waals surface area contributed by atoms with Crippen LogP contribution in [-0.2, 0) is 0 Å². The molecule has 0 unspecified atom stereocenters. The Morgan fingerprint density at radius 1 is 1.12 bits per heavy atom. The Kier molecular flexibility index (Phi) is 7.99. The van der Waals surface area contributed by atoms with Gasteiger partial charge in [0.25, 0.3) is 0 Å². The van der Waals surface area contributed by atoms with E-state index in [0.717, 1.165) is 19.0 Å². The van der Waals surface area contributed by atoms with Crippen LogP contribution in [0.3, 0.4) is 0 Å². The van der Waals surface area contributed by atoms with Crippen molar-refractivity contribution in [1.82, 2.24) is 10.3 Å². The fourth-order valence-electron chi connectivity index (χ4n) is 1.45. The van der Waals surface area contributed by atoms with Crippen LogP contribution in [0.5, 0.6) is 0 Å². The Balaban J connectivity index is 4.26. The zero-order valence-electron chi connectivity index (χ0n) is 11.5. The van der Waals surface area contributed by atoms with Crippen molar-refractivity contribution in [1.29, 1.82) is 0 Å². The minimum absolute atomic E-state index is 0.706. The minimum atomic E-state index is 0.706. The van der Waals surface area contributed by atoms with Crippen LogP contribution in [0.4, 0.5) is 0 Å². The Morgan fingerprint density at radius 2 is 1.56 bits per heavy atom. The topological polar surface area (TPSA) is 53.6 Å². The third kappa shape index (κ3) is 6.67. The quantitative estimate of drug-likeness (QED) is 0.316. The van der Waals surface area contributed by atoms with Gasteiger partial charge in [0.15, 0.2) is 0 Å². The van der Waals surface area contributed by atoms with E-state index in [1.165, 1.54) is 12.8 Å². The van der Waals surface area contributed by atoms with Crippen molar-refractivity contribution in [3.63, 3.8) is 0 Å². The molecule has 0 aromatic rings. The molecule has 0 aliphatic rings. The molecule has 0 aliphatic carbocycles. The highest BCUT2D eigenvalue weighted by Crippen LogP contribution is 2.06. The third-order valence-electron chi connectivity index (χ3n) is 2.59. The number of hydrogen-bond acceptors (Lipinski definition) is 2. The van der Waals surface area contributed by atoms with Gasteiger partial charge in [-0.1, -0.05) is 27.7 Å². The predicted molar refractivity (Wildman–Crippen MR) is 71.2 cm³/mol.